The van der Waals surface area contributed by atoms with Crippen LogP contribution in [0, 0.1) is 12.8 Å². The molecule has 3 N–H and O–H groups in total. The maximum atomic E-state index is 11.8. The Balaban J connectivity index is 1.86. The van der Waals surface area contributed by atoms with Crippen LogP contribution >= 0.6 is 0 Å². The van der Waals surface area contributed by atoms with Crippen molar-refractivity contribution in [3.8, 4) is 11.5 Å². The summed E-state index contributed by atoms with van der Waals surface area (Å²) >= 11 is 0. The molecule has 7 heteroatoms. The van der Waals surface area contributed by atoms with Crippen molar-refractivity contribution in [2.45, 2.75) is 116 Å². The molecule has 0 radical (unpaired) electrons. The van der Waals surface area contributed by atoms with Gasteiger partial charge in [-0.3, -0.25) is 4.79 Å². The zero-order chi connectivity index (χ0) is 25.8. The number of rotatable bonds is 4. The van der Waals surface area contributed by atoms with Gasteiger partial charge >= 0.3 is 5.97 Å². The predicted molar refractivity (Wildman–Crippen MR) is 132 cm³/mol. The van der Waals surface area contributed by atoms with Crippen molar-refractivity contribution in [1.82, 2.24) is 0 Å². The number of aromatic hydroxyl groups is 1. The number of benzene rings is 1. The first-order valence-electron chi connectivity index (χ1n) is 12.8. The van der Waals surface area contributed by atoms with Crippen molar-refractivity contribution in [2.24, 2.45) is 5.92 Å². The molecule has 0 saturated carbocycles. The van der Waals surface area contributed by atoms with E-state index in [0.29, 0.717) is 17.6 Å². The molecule has 1 aromatic rings. The average Bonchev–Trinajstić information content (AvgIpc) is 2.77. The Labute approximate surface area is 208 Å². The van der Waals surface area contributed by atoms with Gasteiger partial charge in [0.15, 0.2) is 17.6 Å². The highest BCUT2D eigenvalue weighted by Gasteiger charge is 2.48. The molecule has 7 nitrogen and oxygen atoms in total. The molecular weight excluding hydrogens is 448 g/mol. The SMILES string of the molecule is CC(=O)O[C@@H]1[C@H](Oc2c(O)c(C)c3c4c2[C@H](C)CC[C@@H]4[C@@H](C)C[C@@H]3C=C(C)C)O[C@@H](C)[C@@H](O)[C@H]1O. The summed E-state index contributed by atoms with van der Waals surface area (Å²) in [6.07, 6.45) is -0.347. The van der Waals surface area contributed by atoms with Gasteiger partial charge in [-0.2, -0.15) is 0 Å². The molecule has 1 aromatic carbocycles. The lowest BCUT2D eigenvalue weighted by molar-refractivity contribution is -0.273. The van der Waals surface area contributed by atoms with Gasteiger partial charge in [0, 0.05) is 18.4 Å². The van der Waals surface area contributed by atoms with Crippen LogP contribution in [0.1, 0.15) is 101 Å². The van der Waals surface area contributed by atoms with E-state index in [1.54, 1.807) is 6.92 Å². The van der Waals surface area contributed by atoms with Crippen LogP contribution in [0.2, 0.25) is 0 Å². The van der Waals surface area contributed by atoms with Crippen molar-refractivity contribution in [1.29, 1.82) is 0 Å². The molecule has 1 aliphatic heterocycles. The summed E-state index contributed by atoms with van der Waals surface area (Å²) in [5.41, 5.74) is 5.49. The van der Waals surface area contributed by atoms with Crippen LogP contribution in [-0.4, -0.2) is 52.0 Å². The van der Waals surface area contributed by atoms with Gasteiger partial charge in [0.1, 0.15) is 12.2 Å². The van der Waals surface area contributed by atoms with Crippen LogP contribution in [0.15, 0.2) is 11.6 Å². The fourth-order valence-corrected chi connectivity index (χ4v) is 6.43. The summed E-state index contributed by atoms with van der Waals surface area (Å²) in [7, 11) is 0. The van der Waals surface area contributed by atoms with E-state index in [0.717, 1.165) is 30.4 Å². The van der Waals surface area contributed by atoms with Crippen LogP contribution in [0.25, 0.3) is 0 Å². The van der Waals surface area contributed by atoms with Crippen LogP contribution in [0.4, 0.5) is 0 Å². The van der Waals surface area contributed by atoms with Gasteiger partial charge in [-0.05, 0) is 81.4 Å². The highest BCUT2D eigenvalue weighted by molar-refractivity contribution is 5.66. The second-order valence-corrected chi connectivity index (χ2v) is 11.1. The average molecular weight is 489 g/mol. The normalized spacial score (nSPS) is 36.2. The van der Waals surface area contributed by atoms with Gasteiger partial charge in [0.2, 0.25) is 6.29 Å². The lowest BCUT2D eigenvalue weighted by Gasteiger charge is -2.45. The van der Waals surface area contributed by atoms with E-state index >= 15 is 0 Å². The Morgan fingerprint density at radius 1 is 1.03 bits per heavy atom. The van der Waals surface area contributed by atoms with Crippen molar-refractivity contribution >= 4 is 5.97 Å². The Kier molecular flexibility index (Phi) is 7.24. The molecule has 4 rings (SSSR count). The molecule has 194 valence electrons. The van der Waals surface area contributed by atoms with Crippen molar-refractivity contribution in [3.05, 3.63) is 33.9 Å². The topological polar surface area (TPSA) is 105 Å². The van der Waals surface area contributed by atoms with Crippen molar-refractivity contribution in [3.63, 3.8) is 0 Å². The molecular formula is C28H40O7. The third-order valence-electron chi connectivity index (χ3n) is 8.11. The van der Waals surface area contributed by atoms with Gasteiger partial charge in [-0.1, -0.05) is 25.5 Å². The van der Waals surface area contributed by atoms with Crippen molar-refractivity contribution in [2.75, 3.05) is 0 Å². The predicted octanol–water partition coefficient (Wildman–Crippen LogP) is 4.55. The number of esters is 1. The van der Waals surface area contributed by atoms with Gasteiger partial charge in [0.25, 0.3) is 0 Å². The molecule has 0 spiro atoms. The number of hydrogen-bond acceptors (Lipinski definition) is 7. The Hall–Kier alpha value is -2.09. The van der Waals surface area contributed by atoms with E-state index < -0.39 is 36.7 Å². The lowest BCUT2D eigenvalue weighted by atomic mass is 9.62. The minimum absolute atomic E-state index is 0.0615. The van der Waals surface area contributed by atoms with E-state index in [1.807, 2.05) is 6.92 Å². The van der Waals surface area contributed by atoms with E-state index in [-0.39, 0.29) is 17.6 Å². The molecule has 35 heavy (non-hydrogen) atoms. The molecule has 1 fully saturated rings. The second-order valence-electron chi connectivity index (χ2n) is 11.1. The summed E-state index contributed by atoms with van der Waals surface area (Å²) in [5, 5.41) is 32.4. The summed E-state index contributed by atoms with van der Waals surface area (Å²) in [5.74, 6) is 1.02. The Bertz CT molecular complexity index is 1010. The molecule has 0 aromatic heterocycles. The number of ether oxygens (including phenoxy) is 3. The molecule has 3 aliphatic rings. The molecule has 9 atom stereocenters. The standard InChI is InChI=1S/C28H40O7/c1-12(2)10-18-11-14(4)19-9-8-13(3)20-22(19)21(18)15(5)23(30)26(20)35-28-27(34-17(7)29)25(32)24(31)16(6)33-28/h10,13-14,16,18-19,24-25,27-28,30-32H,8-9,11H2,1-7H3/t13-,14+,16+,18+,19-,24-,25-,27+,28+/m1/s1. The Morgan fingerprint density at radius 2 is 1.71 bits per heavy atom. The monoisotopic (exact) mass is 488 g/mol. The number of aliphatic hydroxyl groups is 2. The highest BCUT2D eigenvalue weighted by Crippen LogP contribution is 2.58. The van der Waals surface area contributed by atoms with Crippen LogP contribution in [0.3, 0.4) is 0 Å². The largest absolute Gasteiger partial charge is 0.504 e. The minimum Gasteiger partial charge on any atom is -0.504 e. The lowest BCUT2D eigenvalue weighted by Crippen LogP contribution is -2.59. The van der Waals surface area contributed by atoms with E-state index in [2.05, 4.69) is 33.8 Å². The number of hydrogen-bond donors (Lipinski definition) is 3. The first-order valence-corrected chi connectivity index (χ1v) is 12.8. The van der Waals surface area contributed by atoms with Gasteiger partial charge < -0.3 is 29.5 Å². The minimum atomic E-state index is -1.38. The molecule has 0 unspecified atom stereocenters. The maximum Gasteiger partial charge on any atom is 0.303 e. The number of carbonyl (C=O) groups excluding carboxylic acids is 1. The maximum absolute atomic E-state index is 11.8. The number of phenolic OH excluding ortho intramolecular Hbond substituents is 1. The molecule has 1 saturated heterocycles. The van der Waals surface area contributed by atoms with Crippen LogP contribution < -0.4 is 4.74 Å². The first-order chi connectivity index (χ1) is 16.4. The number of phenols is 1. The molecule has 2 aliphatic carbocycles. The smallest absolute Gasteiger partial charge is 0.303 e. The summed E-state index contributed by atoms with van der Waals surface area (Å²) in [6, 6.07) is 0. The first kappa shape index (κ1) is 26.0. The fourth-order valence-electron chi connectivity index (χ4n) is 6.43. The second kappa shape index (κ2) is 9.75. The van der Waals surface area contributed by atoms with E-state index in [4.69, 9.17) is 14.2 Å². The van der Waals surface area contributed by atoms with Crippen LogP contribution in [0.5, 0.6) is 11.5 Å². The summed E-state index contributed by atoms with van der Waals surface area (Å²) < 4.78 is 17.5. The summed E-state index contributed by atoms with van der Waals surface area (Å²) in [4.78, 5) is 11.8. The third kappa shape index (κ3) is 4.58. The number of aliphatic hydroxyl groups excluding tert-OH is 2. The van der Waals surface area contributed by atoms with Gasteiger partial charge in [0.05, 0.1) is 6.10 Å². The Morgan fingerprint density at radius 3 is 2.34 bits per heavy atom. The molecule has 0 bridgehead atoms. The zero-order valence-corrected chi connectivity index (χ0v) is 21.9. The molecule has 1 heterocycles. The fraction of sp³-hybridized carbons (Fsp3) is 0.679. The highest BCUT2D eigenvalue weighted by atomic mass is 16.7. The molecule has 0 amide bonds. The number of allylic oxidation sites excluding steroid dienone is 2. The van der Waals surface area contributed by atoms with E-state index in [9.17, 15) is 20.1 Å². The van der Waals surface area contributed by atoms with Gasteiger partial charge in [-0.25, -0.2) is 0 Å². The van der Waals surface area contributed by atoms with Crippen molar-refractivity contribution < 1.29 is 34.3 Å². The third-order valence-corrected chi connectivity index (χ3v) is 8.11. The van der Waals surface area contributed by atoms with Gasteiger partial charge in [-0.15, -0.1) is 0 Å². The number of carbonyl (C=O) groups is 1. The summed E-state index contributed by atoms with van der Waals surface area (Å²) in [6.45, 7) is 13.5. The van der Waals surface area contributed by atoms with Crippen LogP contribution in [-0.2, 0) is 14.3 Å². The quantitative estimate of drug-likeness (QED) is 0.422. The van der Waals surface area contributed by atoms with E-state index in [1.165, 1.54) is 23.6 Å². The zero-order valence-electron chi connectivity index (χ0n) is 21.9.